The van der Waals surface area contributed by atoms with Gasteiger partial charge in [-0.3, -0.25) is 4.99 Å². The van der Waals surface area contributed by atoms with Gasteiger partial charge in [0.15, 0.2) is 5.96 Å². The largest absolute Gasteiger partial charge is 0.381 e. The molecule has 0 radical (unpaired) electrons. The summed E-state index contributed by atoms with van der Waals surface area (Å²) in [5, 5.41) is 7.93. The van der Waals surface area contributed by atoms with E-state index in [9.17, 15) is 0 Å². The van der Waals surface area contributed by atoms with Crippen LogP contribution in [0, 0.1) is 0 Å². The van der Waals surface area contributed by atoms with Crippen LogP contribution in [0.4, 0.5) is 0 Å². The Morgan fingerprint density at radius 1 is 1.19 bits per heavy atom. The number of ether oxygens (including phenoxy) is 1. The summed E-state index contributed by atoms with van der Waals surface area (Å²) >= 11 is 8.61. The first-order valence-electron chi connectivity index (χ1n) is 9.48. The number of nitrogens with one attached hydrogen (secondary N) is 2. The molecule has 0 saturated carbocycles. The summed E-state index contributed by atoms with van der Waals surface area (Å²) in [5.41, 5.74) is 1.20. The van der Waals surface area contributed by atoms with E-state index in [0.29, 0.717) is 4.75 Å². The van der Waals surface area contributed by atoms with Crippen molar-refractivity contribution in [2.75, 3.05) is 39.1 Å². The molecule has 0 spiro atoms. The normalized spacial score (nSPS) is 24.9. The van der Waals surface area contributed by atoms with Crippen molar-refractivity contribution in [3.8, 4) is 0 Å². The molecular weight excluding hydrogens is 493 g/mol. The maximum absolute atomic E-state index is 6.54. The summed E-state index contributed by atoms with van der Waals surface area (Å²) < 4.78 is 5.94. The van der Waals surface area contributed by atoms with Crippen molar-refractivity contribution in [1.82, 2.24) is 10.6 Å². The zero-order valence-electron chi connectivity index (χ0n) is 16.2. The van der Waals surface area contributed by atoms with Gasteiger partial charge in [0.2, 0.25) is 0 Å². The molecule has 7 heteroatoms. The molecule has 0 bridgehead atoms. The highest BCUT2D eigenvalue weighted by molar-refractivity contribution is 14.0. The van der Waals surface area contributed by atoms with E-state index < -0.39 is 0 Å². The van der Waals surface area contributed by atoms with Gasteiger partial charge in [0.1, 0.15) is 0 Å². The van der Waals surface area contributed by atoms with Gasteiger partial charge in [-0.15, -0.1) is 24.0 Å². The molecule has 2 fully saturated rings. The zero-order valence-corrected chi connectivity index (χ0v) is 20.1. The van der Waals surface area contributed by atoms with Crippen LogP contribution < -0.4 is 10.6 Å². The van der Waals surface area contributed by atoms with Crippen LogP contribution in [-0.2, 0) is 10.2 Å². The Balaban J connectivity index is 0.00000261. The van der Waals surface area contributed by atoms with E-state index in [1.54, 1.807) is 0 Å². The SMILES string of the molecule is CN=C(NCC1(C)CCCS1)NCC1(c2ccccc2Cl)CCOCC1.I. The molecule has 0 aliphatic carbocycles. The van der Waals surface area contributed by atoms with E-state index in [2.05, 4.69) is 46.4 Å². The second-order valence-corrected chi connectivity index (χ2v) is 9.64. The van der Waals surface area contributed by atoms with Crippen molar-refractivity contribution < 1.29 is 4.74 Å². The lowest BCUT2D eigenvalue weighted by atomic mass is 9.74. The highest BCUT2D eigenvalue weighted by Gasteiger charge is 2.36. The molecule has 2 N–H and O–H groups in total. The maximum atomic E-state index is 6.54. The quantitative estimate of drug-likeness (QED) is 0.340. The summed E-state index contributed by atoms with van der Waals surface area (Å²) in [6, 6.07) is 8.21. The number of halogens is 2. The zero-order chi connectivity index (χ0) is 18.5. The number of benzene rings is 1. The highest BCUT2D eigenvalue weighted by atomic mass is 127. The number of rotatable bonds is 5. The number of nitrogens with zero attached hydrogens (tertiary/aromatic N) is 1. The molecule has 2 aliphatic heterocycles. The van der Waals surface area contributed by atoms with E-state index in [1.165, 1.54) is 24.2 Å². The summed E-state index contributed by atoms with van der Waals surface area (Å²) in [5.74, 6) is 2.14. The molecule has 2 saturated heterocycles. The number of hydrogen-bond acceptors (Lipinski definition) is 3. The topological polar surface area (TPSA) is 45.7 Å². The molecule has 27 heavy (non-hydrogen) atoms. The van der Waals surface area contributed by atoms with Crippen molar-refractivity contribution in [2.24, 2.45) is 4.99 Å². The second kappa shape index (κ2) is 10.6. The van der Waals surface area contributed by atoms with Crippen molar-refractivity contribution in [1.29, 1.82) is 0 Å². The molecule has 1 aromatic rings. The third-order valence-corrected chi connectivity index (χ3v) is 7.51. The number of thioether (sulfide) groups is 1. The van der Waals surface area contributed by atoms with Crippen LogP contribution in [0.15, 0.2) is 29.3 Å². The Morgan fingerprint density at radius 3 is 2.52 bits per heavy atom. The van der Waals surface area contributed by atoms with Gasteiger partial charge in [-0.2, -0.15) is 11.8 Å². The monoisotopic (exact) mass is 523 g/mol. The van der Waals surface area contributed by atoms with Crippen LogP contribution in [0.3, 0.4) is 0 Å². The van der Waals surface area contributed by atoms with Gasteiger partial charge >= 0.3 is 0 Å². The van der Waals surface area contributed by atoms with Gasteiger partial charge < -0.3 is 15.4 Å². The second-order valence-electron chi connectivity index (χ2n) is 7.55. The Bertz CT molecular complexity index is 631. The summed E-state index contributed by atoms with van der Waals surface area (Å²) in [7, 11) is 1.84. The van der Waals surface area contributed by atoms with Gasteiger partial charge in [-0.05, 0) is 50.0 Å². The van der Waals surface area contributed by atoms with E-state index in [4.69, 9.17) is 16.3 Å². The molecule has 0 amide bonds. The van der Waals surface area contributed by atoms with Crippen LogP contribution in [-0.4, -0.2) is 49.8 Å². The van der Waals surface area contributed by atoms with Crippen molar-refractivity contribution in [3.63, 3.8) is 0 Å². The highest BCUT2D eigenvalue weighted by Crippen LogP contribution is 2.38. The minimum atomic E-state index is -0.0137. The summed E-state index contributed by atoms with van der Waals surface area (Å²) in [6.07, 6.45) is 4.51. The van der Waals surface area contributed by atoms with Gasteiger partial charge in [-0.1, -0.05) is 29.8 Å². The van der Waals surface area contributed by atoms with Crippen LogP contribution in [0.2, 0.25) is 5.02 Å². The van der Waals surface area contributed by atoms with Crippen LogP contribution >= 0.6 is 47.3 Å². The standard InChI is InChI=1S/C20H30ClN3OS.HI/c1-19(8-5-13-26-19)14-23-18(22-2)24-15-20(9-11-25-12-10-20)16-6-3-4-7-17(16)21;/h3-4,6-7H,5,8-15H2,1-2H3,(H2,22,23,24);1H. The predicted molar refractivity (Wildman–Crippen MR) is 128 cm³/mol. The predicted octanol–water partition coefficient (Wildman–Crippen LogP) is 4.46. The molecule has 2 heterocycles. The Hall–Kier alpha value is -0.180. The molecule has 1 unspecified atom stereocenters. The Labute approximate surface area is 189 Å². The van der Waals surface area contributed by atoms with Crippen molar-refractivity contribution in [3.05, 3.63) is 34.9 Å². The number of hydrogen-bond donors (Lipinski definition) is 2. The van der Waals surface area contributed by atoms with Crippen LogP contribution in [0.1, 0.15) is 38.2 Å². The third-order valence-electron chi connectivity index (χ3n) is 5.64. The van der Waals surface area contributed by atoms with Crippen molar-refractivity contribution in [2.45, 2.75) is 42.8 Å². The average molecular weight is 524 g/mol. The Morgan fingerprint density at radius 2 is 1.89 bits per heavy atom. The molecule has 152 valence electrons. The van der Waals surface area contributed by atoms with Crippen LogP contribution in [0.25, 0.3) is 0 Å². The fraction of sp³-hybridized carbons (Fsp3) is 0.650. The van der Waals surface area contributed by atoms with Gasteiger partial charge in [0.25, 0.3) is 0 Å². The van der Waals surface area contributed by atoms with Gasteiger partial charge in [0, 0.05) is 48.5 Å². The first kappa shape index (κ1) is 23.1. The van der Waals surface area contributed by atoms with Crippen LogP contribution in [0.5, 0.6) is 0 Å². The van der Waals surface area contributed by atoms with E-state index in [1.807, 2.05) is 19.2 Å². The molecular formula is C20H31ClIN3OS. The fourth-order valence-electron chi connectivity index (χ4n) is 3.92. The minimum absolute atomic E-state index is 0. The fourth-order valence-corrected chi connectivity index (χ4v) is 5.50. The lowest BCUT2D eigenvalue weighted by molar-refractivity contribution is 0.0514. The Kier molecular flexibility index (Phi) is 9.03. The van der Waals surface area contributed by atoms with Gasteiger partial charge in [0.05, 0.1) is 0 Å². The van der Waals surface area contributed by atoms with E-state index >= 15 is 0 Å². The van der Waals surface area contributed by atoms with Gasteiger partial charge in [-0.25, -0.2) is 0 Å². The molecule has 0 aromatic heterocycles. The molecule has 2 aliphatic rings. The lowest BCUT2D eigenvalue weighted by Crippen LogP contribution is -2.50. The molecule has 1 aromatic carbocycles. The maximum Gasteiger partial charge on any atom is 0.191 e. The summed E-state index contributed by atoms with van der Waals surface area (Å²) in [4.78, 5) is 4.43. The average Bonchev–Trinajstić information content (AvgIpc) is 3.10. The van der Waals surface area contributed by atoms with Crippen molar-refractivity contribution >= 4 is 53.3 Å². The number of aliphatic imine (C=N–C) groups is 1. The molecule has 3 rings (SSSR count). The minimum Gasteiger partial charge on any atom is -0.381 e. The first-order chi connectivity index (χ1) is 12.6. The third kappa shape index (κ3) is 5.90. The number of guanidine groups is 1. The molecule has 1 atom stereocenters. The first-order valence-corrected chi connectivity index (χ1v) is 10.8. The van der Waals surface area contributed by atoms with E-state index in [-0.39, 0.29) is 29.4 Å². The molecule has 4 nitrogen and oxygen atoms in total. The summed E-state index contributed by atoms with van der Waals surface area (Å²) in [6.45, 7) is 5.64. The van der Waals surface area contributed by atoms with E-state index in [0.717, 1.165) is 50.1 Å². The smallest absolute Gasteiger partial charge is 0.191 e. The lowest BCUT2D eigenvalue weighted by Gasteiger charge is -2.39.